The first-order valence-corrected chi connectivity index (χ1v) is 7.04. The molecule has 1 heterocycles. The molecule has 0 aromatic heterocycles. The lowest BCUT2D eigenvalue weighted by molar-refractivity contribution is -0.145. The molecular weight excluding hydrogens is 214 g/mol. The molecule has 0 bridgehead atoms. The van der Waals surface area contributed by atoms with Gasteiger partial charge in [-0.15, -0.1) is 0 Å². The van der Waals surface area contributed by atoms with Crippen molar-refractivity contribution in [2.24, 2.45) is 17.8 Å². The number of rotatable bonds is 3. The molecule has 0 radical (unpaired) electrons. The molecule has 0 spiro atoms. The van der Waals surface area contributed by atoms with Gasteiger partial charge in [-0.05, 0) is 50.4 Å². The lowest BCUT2D eigenvalue weighted by Crippen LogP contribution is -2.39. The van der Waals surface area contributed by atoms with Gasteiger partial charge in [-0.3, -0.25) is 4.79 Å². The predicted octanol–water partition coefficient (Wildman–Crippen LogP) is 2.35. The van der Waals surface area contributed by atoms with E-state index in [2.05, 4.69) is 19.2 Å². The fraction of sp³-hybridized carbons (Fsp3) is 0.929. The number of esters is 1. The molecule has 2 fully saturated rings. The summed E-state index contributed by atoms with van der Waals surface area (Å²) in [5.74, 6) is 2.25. The van der Waals surface area contributed by atoms with Crippen molar-refractivity contribution in [2.45, 2.75) is 58.5 Å². The van der Waals surface area contributed by atoms with E-state index in [1.54, 1.807) is 0 Å². The molecule has 1 N–H and O–H groups in total. The van der Waals surface area contributed by atoms with Gasteiger partial charge in [-0.25, -0.2) is 0 Å². The highest BCUT2D eigenvalue weighted by molar-refractivity contribution is 5.76. The predicted molar refractivity (Wildman–Crippen MR) is 67.6 cm³/mol. The third-order valence-corrected chi connectivity index (χ3v) is 4.49. The van der Waals surface area contributed by atoms with Gasteiger partial charge in [0.05, 0.1) is 6.61 Å². The Morgan fingerprint density at radius 2 is 2.12 bits per heavy atom. The van der Waals surface area contributed by atoms with E-state index in [1.165, 1.54) is 19.3 Å². The van der Waals surface area contributed by atoms with E-state index in [1.807, 2.05) is 6.92 Å². The summed E-state index contributed by atoms with van der Waals surface area (Å²) in [6.45, 7) is 6.99. The number of ether oxygens (including phenoxy) is 1. The number of fused-ring (bicyclic) bond motifs is 1. The Bertz CT molecular complexity index is 277. The average Bonchev–Trinajstić information content (AvgIpc) is 2.71. The number of nitrogens with one attached hydrogen (secondary N) is 1. The third-order valence-electron chi connectivity index (χ3n) is 4.49. The van der Waals surface area contributed by atoms with Crippen LogP contribution in [0.5, 0.6) is 0 Å². The normalized spacial score (nSPS) is 36.9. The zero-order valence-electron chi connectivity index (χ0n) is 11.2. The van der Waals surface area contributed by atoms with E-state index in [0.717, 1.165) is 18.3 Å². The molecule has 98 valence electrons. The highest BCUT2D eigenvalue weighted by Gasteiger charge is 2.41. The monoisotopic (exact) mass is 239 g/mol. The smallest absolute Gasteiger partial charge is 0.323 e. The molecule has 4 unspecified atom stereocenters. The van der Waals surface area contributed by atoms with Crippen LogP contribution in [0.15, 0.2) is 0 Å². The summed E-state index contributed by atoms with van der Waals surface area (Å²) in [5.41, 5.74) is 0. The van der Waals surface area contributed by atoms with Crippen molar-refractivity contribution in [3.63, 3.8) is 0 Å². The van der Waals surface area contributed by atoms with Gasteiger partial charge in [0.2, 0.25) is 0 Å². The topological polar surface area (TPSA) is 38.3 Å². The molecule has 1 saturated carbocycles. The Balaban J connectivity index is 1.90. The lowest BCUT2D eigenvalue weighted by atomic mass is 9.74. The van der Waals surface area contributed by atoms with Gasteiger partial charge in [0, 0.05) is 6.04 Å². The van der Waals surface area contributed by atoms with Gasteiger partial charge in [-0.2, -0.15) is 0 Å². The van der Waals surface area contributed by atoms with E-state index in [-0.39, 0.29) is 12.0 Å². The third kappa shape index (κ3) is 2.82. The van der Waals surface area contributed by atoms with E-state index in [9.17, 15) is 4.79 Å². The minimum Gasteiger partial charge on any atom is -0.465 e. The van der Waals surface area contributed by atoms with Crippen LogP contribution in [0.2, 0.25) is 0 Å². The first-order valence-electron chi connectivity index (χ1n) is 7.04. The standard InChI is InChI=1S/C14H25NO2/c1-4-17-14(16)13-8-11-7-10(9(2)3)5-6-12(11)15-13/h9-13,15H,4-8H2,1-3H3. The Labute approximate surface area is 104 Å². The molecule has 3 nitrogen and oxygen atoms in total. The minimum atomic E-state index is -0.0528. The van der Waals surface area contributed by atoms with Crippen molar-refractivity contribution in [2.75, 3.05) is 6.61 Å². The SMILES string of the molecule is CCOC(=O)C1CC2CC(C(C)C)CCC2N1. The summed E-state index contributed by atoms with van der Waals surface area (Å²) in [7, 11) is 0. The summed E-state index contributed by atoms with van der Waals surface area (Å²) in [4.78, 5) is 11.7. The molecule has 2 aliphatic rings. The van der Waals surface area contributed by atoms with Crippen LogP contribution < -0.4 is 5.32 Å². The fourth-order valence-electron chi connectivity index (χ4n) is 3.42. The quantitative estimate of drug-likeness (QED) is 0.768. The second-order valence-corrected chi connectivity index (χ2v) is 5.89. The lowest BCUT2D eigenvalue weighted by Gasteiger charge is -2.33. The van der Waals surface area contributed by atoms with Crippen LogP contribution in [0.3, 0.4) is 0 Å². The second-order valence-electron chi connectivity index (χ2n) is 5.89. The van der Waals surface area contributed by atoms with Crippen LogP contribution in [0.25, 0.3) is 0 Å². The van der Waals surface area contributed by atoms with E-state index in [4.69, 9.17) is 4.74 Å². The van der Waals surface area contributed by atoms with Gasteiger partial charge in [0.15, 0.2) is 0 Å². The fourth-order valence-corrected chi connectivity index (χ4v) is 3.42. The van der Waals surface area contributed by atoms with Crippen LogP contribution in [0, 0.1) is 17.8 Å². The van der Waals surface area contributed by atoms with Crippen molar-refractivity contribution >= 4 is 5.97 Å². The van der Waals surface area contributed by atoms with E-state index < -0.39 is 0 Å². The Kier molecular flexibility index (Phi) is 4.08. The number of hydrogen-bond acceptors (Lipinski definition) is 3. The van der Waals surface area contributed by atoms with Crippen LogP contribution in [0.4, 0.5) is 0 Å². The summed E-state index contributed by atoms with van der Waals surface area (Å²) in [5, 5.41) is 3.46. The molecule has 1 aliphatic heterocycles. The van der Waals surface area contributed by atoms with Crippen molar-refractivity contribution < 1.29 is 9.53 Å². The Morgan fingerprint density at radius 1 is 1.35 bits per heavy atom. The van der Waals surface area contributed by atoms with Crippen LogP contribution in [-0.4, -0.2) is 24.7 Å². The number of carbonyl (C=O) groups is 1. The van der Waals surface area contributed by atoms with Gasteiger partial charge in [-0.1, -0.05) is 13.8 Å². The van der Waals surface area contributed by atoms with Crippen molar-refractivity contribution in [1.29, 1.82) is 0 Å². The maximum absolute atomic E-state index is 11.7. The van der Waals surface area contributed by atoms with Crippen molar-refractivity contribution in [3.8, 4) is 0 Å². The van der Waals surface area contributed by atoms with Crippen LogP contribution >= 0.6 is 0 Å². The summed E-state index contributed by atoms with van der Waals surface area (Å²) < 4.78 is 5.10. The van der Waals surface area contributed by atoms with Crippen LogP contribution in [-0.2, 0) is 9.53 Å². The molecule has 17 heavy (non-hydrogen) atoms. The van der Waals surface area contributed by atoms with Gasteiger partial charge >= 0.3 is 5.97 Å². The second kappa shape index (κ2) is 5.38. The molecule has 2 rings (SSSR count). The van der Waals surface area contributed by atoms with Gasteiger partial charge in [0.1, 0.15) is 6.04 Å². The highest BCUT2D eigenvalue weighted by atomic mass is 16.5. The Hall–Kier alpha value is -0.570. The summed E-state index contributed by atoms with van der Waals surface area (Å²) in [6, 6.07) is 0.510. The largest absolute Gasteiger partial charge is 0.465 e. The zero-order chi connectivity index (χ0) is 12.4. The van der Waals surface area contributed by atoms with E-state index >= 15 is 0 Å². The van der Waals surface area contributed by atoms with Crippen molar-refractivity contribution in [1.82, 2.24) is 5.32 Å². The molecule has 0 aromatic carbocycles. The maximum Gasteiger partial charge on any atom is 0.323 e. The summed E-state index contributed by atoms with van der Waals surface area (Å²) in [6.07, 6.45) is 4.79. The first kappa shape index (κ1) is 12.9. The highest BCUT2D eigenvalue weighted by Crippen LogP contribution is 2.39. The molecule has 1 aliphatic carbocycles. The summed E-state index contributed by atoms with van der Waals surface area (Å²) >= 11 is 0. The van der Waals surface area contributed by atoms with Crippen LogP contribution in [0.1, 0.15) is 46.5 Å². The van der Waals surface area contributed by atoms with Gasteiger partial charge < -0.3 is 10.1 Å². The first-order chi connectivity index (χ1) is 8.11. The van der Waals surface area contributed by atoms with Gasteiger partial charge in [0.25, 0.3) is 0 Å². The van der Waals surface area contributed by atoms with E-state index in [0.29, 0.717) is 18.6 Å². The molecule has 0 aromatic rings. The number of hydrogen-bond donors (Lipinski definition) is 1. The molecule has 0 amide bonds. The number of carbonyl (C=O) groups excluding carboxylic acids is 1. The molecule has 3 heteroatoms. The average molecular weight is 239 g/mol. The molecule has 4 atom stereocenters. The van der Waals surface area contributed by atoms with Crippen molar-refractivity contribution in [3.05, 3.63) is 0 Å². The maximum atomic E-state index is 11.7. The molecule has 1 saturated heterocycles. The minimum absolute atomic E-state index is 0.0455. The zero-order valence-corrected chi connectivity index (χ0v) is 11.2. The molecular formula is C14H25NO2. The Morgan fingerprint density at radius 3 is 2.76 bits per heavy atom.